The molecule has 2 aromatic heterocycles. The fraction of sp³-hybridized carbons (Fsp3) is 0.400. The monoisotopic (exact) mass is 432 g/mol. The molecule has 0 saturated heterocycles. The van der Waals surface area contributed by atoms with Crippen molar-refractivity contribution < 1.29 is 4.79 Å². The number of imidazole rings is 1. The molecule has 0 aliphatic rings. The third-order valence-electron chi connectivity index (χ3n) is 4.87. The summed E-state index contributed by atoms with van der Waals surface area (Å²) in [7, 11) is 3.01. The minimum atomic E-state index is -0.453. The lowest BCUT2D eigenvalue weighted by atomic mass is 10.2. The predicted octanol–water partition coefficient (Wildman–Crippen LogP) is 1.32. The van der Waals surface area contributed by atoms with Gasteiger partial charge < -0.3 is 10.6 Å². The van der Waals surface area contributed by atoms with Gasteiger partial charge in [-0.3, -0.25) is 23.3 Å². The van der Waals surface area contributed by atoms with Crippen molar-refractivity contribution in [1.82, 2.24) is 24.0 Å². The Morgan fingerprint density at radius 2 is 1.83 bits per heavy atom. The van der Waals surface area contributed by atoms with Crippen LogP contribution in [-0.4, -0.2) is 37.7 Å². The molecule has 3 rings (SSSR count). The molecule has 1 aromatic carbocycles. The molecule has 10 heteroatoms. The molecule has 0 bridgehead atoms. The third kappa shape index (κ3) is 4.11. The lowest BCUT2D eigenvalue weighted by Crippen LogP contribution is -2.37. The van der Waals surface area contributed by atoms with Gasteiger partial charge in [-0.1, -0.05) is 43.6 Å². The van der Waals surface area contributed by atoms with Crippen molar-refractivity contribution >= 4 is 34.6 Å². The molecule has 1 amide bonds. The summed E-state index contributed by atoms with van der Waals surface area (Å²) in [5.41, 5.74) is 0.502. The molecule has 9 nitrogen and oxygen atoms in total. The quantitative estimate of drug-likeness (QED) is 0.548. The minimum absolute atomic E-state index is 0.0439. The highest BCUT2D eigenvalue weighted by Crippen LogP contribution is 2.21. The zero-order valence-corrected chi connectivity index (χ0v) is 18.2. The Morgan fingerprint density at radius 1 is 1.13 bits per heavy atom. The van der Waals surface area contributed by atoms with Gasteiger partial charge in [-0.25, -0.2) is 4.79 Å². The van der Waals surface area contributed by atoms with E-state index in [4.69, 9.17) is 11.6 Å². The maximum absolute atomic E-state index is 12.9. The van der Waals surface area contributed by atoms with E-state index < -0.39 is 11.2 Å². The first-order valence-corrected chi connectivity index (χ1v) is 10.0. The Kier molecular flexibility index (Phi) is 6.31. The highest BCUT2D eigenvalue weighted by atomic mass is 35.5. The second-order valence-electron chi connectivity index (χ2n) is 7.36. The smallest absolute Gasteiger partial charge is 0.332 e. The fourth-order valence-corrected chi connectivity index (χ4v) is 3.29. The summed E-state index contributed by atoms with van der Waals surface area (Å²) < 4.78 is 4.11. The van der Waals surface area contributed by atoms with Gasteiger partial charge in [0.15, 0.2) is 11.2 Å². The van der Waals surface area contributed by atoms with Gasteiger partial charge in [0.25, 0.3) is 5.56 Å². The summed E-state index contributed by atoms with van der Waals surface area (Å²) in [6.07, 6.45) is 0. The number of carbonyl (C=O) groups excluding carboxylic acids is 1. The molecule has 2 heterocycles. The summed E-state index contributed by atoms with van der Waals surface area (Å²) in [6, 6.07) is 7.34. The van der Waals surface area contributed by atoms with Crippen molar-refractivity contribution in [1.29, 1.82) is 0 Å². The molecule has 0 aliphatic heterocycles. The molecule has 0 saturated carbocycles. The Labute approximate surface area is 178 Å². The van der Waals surface area contributed by atoms with Crippen LogP contribution in [0.2, 0.25) is 5.02 Å². The van der Waals surface area contributed by atoms with Gasteiger partial charge in [0, 0.05) is 38.1 Å². The van der Waals surface area contributed by atoms with E-state index in [0.717, 1.165) is 10.1 Å². The van der Waals surface area contributed by atoms with Crippen LogP contribution in [0.25, 0.3) is 11.2 Å². The zero-order chi connectivity index (χ0) is 22.0. The number of nitrogens with zero attached hydrogens (tertiary/aromatic N) is 4. The van der Waals surface area contributed by atoms with Crippen molar-refractivity contribution in [2.75, 3.05) is 18.4 Å². The number of carbonyl (C=O) groups is 1. The predicted molar refractivity (Wildman–Crippen MR) is 117 cm³/mol. The number of hydrogen-bond donors (Lipinski definition) is 2. The van der Waals surface area contributed by atoms with Gasteiger partial charge in [-0.05, 0) is 11.6 Å². The van der Waals surface area contributed by atoms with E-state index >= 15 is 0 Å². The van der Waals surface area contributed by atoms with Gasteiger partial charge in [0.2, 0.25) is 11.9 Å². The number of benzene rings is 1. The molecule has 0 aliphatic carbocycles. The van der Waals surface area contributed by atoms with Gasteiger partial charge >= 0.3 is 5.69 Å². The van der Waals surface area contributed by atoms with Crippen LogP contribution in [0, 0.1) is 5.92 Å². The molecule has 0 unspecified atom stereocenters. The Hall–Kier alpha value is -3.07. The van der Waals surface area contributed by atoms with Gasteiger partial charge in [-0.15, -0.1) is 0 Å². The summed E-state index contributed by atoms with van der Waals surface area (Å²) in [6.45, 7) is 4.73. The maximum atomic E-state index is 12.9. The van der Waals surface area contributed by atoms with E-state index in [1.807, 2.05) is 32.0 Å². The van der Waals surface area contributed by atoms with Crippen LogP contribution in [0.3, 0.4) is 0 Å². The number of aryl methyl sites for hydroxylation is 1. The molecular formula is C20H25ClN6O3. The van der Waals surface area contributed by atoms with Crippen LogP contribution < -0.4 is 21.9 Å². The molecule has 2 N–H and O–H groups in total. The van der Waals surface area contributed by atoms with Gasteiger partial charge in [0.05, 0.1) is 6.54 Å². The normalized spacial score (nSPS) is 11.3. The lowest BCUT2D eigenvalue weighted by molar-refractivity contribution is -0.123. The average Bonchev–Trinajstić information content (AvgIpc) is 3.07. The summed E-state index contributed by atoms with van der Waals surface area (Å²) >= 11 is 6.32. The highest BCUT2D eigenvalue weighted by Gasteiger charge is 2.20. The number of aromatic nitrogens is 4. The number of rotatable bonds is 7. The van der Waals surface area contributed by atoms with Crippen LogP contribution in [0.15, 0.2) is 33.9 Å². The topological polar surface area (TPSA) is 103 Å². The van der Waals surface area contributed by atoms with Crippen LogP contribution in [0.4, 0.5) is 5.95 Å². The number of hydrogen-bond acceptors (Lipinski definition) is 5. The van der Waals surface area contributed by atoms with Crippen molar-refractivity contribution in [2.24, 2.45) is 20.0 Å². The van der Waals surface area contributed by atoms with E-state index in [0.29, 0.717) is 36.1 Å². The molecular weight excluding hydrogens is 408 g/mol. The first kappa shape index (κ1) is 21.6. The van der Waals surface area contributed by atoms with E-state index in [-0.39, 0.29) is 17.5 Å². The fourth-order valence-electron chi connectivity index (χ4n) is 3.10. The van der Waals surface area contributed by atoms with Crippen LogP contribution in [-0.2, 0) is 25.4 Å². The molecule has 0 fully saturated rings. The molecule has 0 spiro atoms. The Morgan fingerprint density at radius 3 is 2.50 bits per heavy atom. The molecule has 0 atom stereocenters. The minimum Gasteiger partial charge on any atom is -0.354 e. The Bertz CT molecular complexity index is 1210. The van der Waals surface area contributed by atoms with E-state index in [1.54, 1.807) is 17.7 Å². The first-order valence-electron chi connectivity index (χ1n) is 9.63. The SMILES string of the molecule is CC(C)C(=O)NCCNc1nc2c(c(=O)n(C)c(=O)n2C)n1Cc1ccccc1Cl. The molecule has 0 radical (unpaired) electrons. The van der Waals surface area contributed by atoms with Crippen molar-refractivity contribution in [3.05, 3.63) is 55.7 Å². The lowest BCUT2D eigenvalue weighted by Gasteiger charge is -2.13. The Balaban J connectivity index is 2.02. The summed E-state index contributed by atoms with van der Waals surface area (Å²) in [5, 5.41) is 6.55. The van der Waals surface area contributed by atoms with Gasteiger partial charge in [0.1, 0.15) is 0 Å². The van der Waals surface area contributed by atoms with Crippen LogP contribution >= 0.6 is 11.6 Å². The number of nitrogens with one attached hydrogen (secondary N) is 2. The van der Waals surface area contributed by atoms with Crippen LogP contribution in [0.1, 0.15) is 19.4 Å². The van der Waals surface area contributed by atoms with Crippen molar-refractivity contribution in [3.8, 4) is 0 Å². The highest BCUT2D eigenvalue weighted by molar-refractivity contribution is 6.31. The maximum Gasteiger partial charge on any atom is 0.332 e. The molecule has 30 heavy (non-hydrogen) atoms. The first-order chi connectivity index (χ1) is 14.2. The third-order valence-corrected chi connectivity index (χ3v) is 5.23. The van der Waals surface area contributed by atoms with Gasteiger partial charge in [-0.2, -0.15) is 4.98 Å². The largest absolute Gasteiger partial charge is 0.354 e. The standard InChI is InChI=1S/C20H25ClN6O3/c1-12(2)17(28)22-9-10-23-19-24-16-15(18(29)26(4)20(30)25(16)3)27(19)11-13-7-5-6-8-14(13)21/h5-8,12H,9-11H2,1-4H3,(H,22,28)(H,23,24). The number of halogens is 1. The number of fused-ring (bicyclic) bond motifs is 1. The summed E-state index contributed by atoms with van der Waals surface area (Å²) in [4.78, 5) is 41.4. The van der Waals surface area contributed by atoms with E-state index in [1.165, 1.54) is 11.6 Å². The number of amides is 1. The van der Waals surface area contributed by atoms with E-state index in [9.17, 15) is 14.4 Å². The van der Waals surface area contributed by atoms with Crippen molar-refractivity contribution in [2.45, 2.75) is 20.4 Å². The zero-order valence-electron chi connectivity index (χ0n) is 17.4. The number of anilines is 1. The van der Waals surface area contributed by atoms with E-state index in [2.05, 4.69) is 15.6 Å². The second kappa shape index (κ2) is 8.74. The molecule has 3 aromatic rings. The van der Waals surface area contributed by atoms with Crippen LogP contribution in [0.5, 0.6) is 0 Å². The summed E-state index contributed by atoms with van der Waals surface area (Å²) in [5.74, 6) is 0.270. The second-order valence-corrected chi connectivity index (χ2v) is 7.77. The molecule has 160 valence electrons. The van der Waals surface area contributed by atoms with Crippen molar-refractivity contribution in [3.63, 3.8) is 0 Å². The average molecular weight is 433 g/mol.